The molecule has 106 valence electrons. The molecule has 1 fully saturated rings. The lowest BCUT2D eigenvalue weighted by Gasteiger charge is -2.28. The molecule has 1 amide bonds. The van der Waals surface area contributed by atoms with Crippen LogP contribution in [0.5, 0.6) is 0 Å². The molecule has 0 saturated heterocycles. The molecule has 0 radical (unpaired) electrons. The molecule has 0 aromatic heterocycles. The van der Waals surface area contributed by atoms with E-state index in [0.717, 1.165) is 19.3 Å². The van der Waals surface area contributed by atoms with Gasteiger partial charge in [0.2, 0.25) is 0 Å². The van der Waals surface area contributed by atoms with Gasteiger partial charge < -0.3 is 15.0 Å². The molecule has 2 unspecified atom stereocenters. The van der Waals surface area contributed by atoms with Crippen LogP contribution in [-0.2, 0) is 11.4 Å². The summed E-state index contributed by atoms with van der Waals surface area (Å²) < 4.78 is 14.8. The molecule has 0 aliphatic heterocycles. The number of hydrogen-bond donors (Lipinski definition) is 3. The number of nitrogens with one attached hydrogen (secondary N) is 2. The quantitative estimate of drug-likeness (QED) is 0.684. The lowest BCUT2D eigenvalue weighted by molar-refractivity contribution is 0.189. The van der Waals surface area contributed by atoms with Gasteiger partial charge >= 0.3 is 6.09 Å². The number of rotatable bonds is 4. The van der Waals surface area contributed by atoms with Crippen molar-refractivity contribution in [3.05, 3.63) is 0 Å². The molecule has 1 aliphatic rings. The fourth-order valence-corrected chi connectivity index (χ4v) is 3.10. The number of carbonyl (C=O) groups is 1. The Hall–Kier alpha value is -0.460. The zero-order valence-electron chi connectivity index (χ0n) is 11.5. The Balaban J connectivity index is 2.40. The van der Waals surface area contributed by atoms with E-state index < -0.39 is 17.5 Å². The predicted octanol–water partition coefficient (Wildman–Crippen LogP) is 1.86. The lowest BCUT2D eigenvalue weighted by atomic mass is 10.0. The number of hydrogen-bond acceptors (Lipinski definition) is 3. The van der Waals surface area contributed by atoms with Crippen molar-refractivity contribution in [3.8, 4) is 0 Å². The van der Waals surface area contributed by atoms with Crippen LogP contribution >= 0.6 is 0 Å². The van der Waals surface area contributed by atoms with Crippen LogP contribution in [0.1, 0.15) is 47.0 Å². The minimum atomic E-state index is -1.07. The average molecular weight is 276 g/mol. The molecule has 6 heteroatoms. The van der Waals surface area contributed by atoms with Crippen molar-refractivity contribution in [3.63, 3.8) is 0 Å². The van der Waals surface area contributed by atoms with Crippen LogP contribution in [0.15, 0.2) is 0 Å². The van der Waals surface area contributed by atoms with Gasteiger partial charge in [0.25, 0.3) is 0 Å². The first-order chi connectivity index (χ1) is 8.20. The molecule has 5 nitrogen and oxygen atoms in total. The third-order valence-corrected chi connectivity index (χ3v) is 5.06. The van der Waals surface area contributed by atoms with Crippen LogP contribution in [0.3, 0.4) is 0 Å². The molecule has 1 rings (SSSR count). The maximum atomic E-state index is 12.0. The van der Waals surface area contributed by atoms with Gasteiger partial charge in [0, 0.05) is 17.4 Å². The minimum absolute atomic E-state index is 0.0415. The van der Waals surface area contributed by atoms with E-state index in [1.165, 1.54) is 0 Å². The van der Waals surface area contributed by atoms with Crippen molar-refractivity contribution in [1.82, 2.24) is 10.0 Å². The monoisotopic (exact) mass is 276 g/mol. The summed E-state index contributed by atoms with van der Waals surface area (Å²) in [5.74, 6) is 0.383. The topological polar surface area (TPSA) is 84.4 Å². The molecule has 0 spiro atoms. The van der Waals surface area contributed by atoms with E-state index in [0.29, 0.717) is 5.92 Å². The van der Waals surface area contributed by atoms with Gasteiger partial charge in [-0.25, -0.2) is 4.79 Å². The predicted molar refractivity (Wildman–Crippen MR) is 72.8 cm³/mol. The van der Waals surface area contributed by atoms with Crippen molar-refractivity contribution in [2.45, 2.75) is 63.8 Å². The summed E-state index contributed by atoms with van der Waals surface area (Å²) in [5, 5.41) is 11.2. The molecule has 18 heavy (non-hydrogen) atoms. The van der Waals surface area contributed by atoms with Crippen LogP contribution < -0.4 is 10.0 Å². The summed E-state index contributed by atoms with van der Waals surface area (Å²) >= 11 is -1.07. The molecule has 3 N–H and O–H groups in total. The fraction of sp³-hybridized carbons (Fsp3) is 0.917. The Labute approximate surface area is 112 Å². The second-order valence-electron chi connectivity index (χ2n) is 6.01. The zero-order valence-corrected chi connectivity index (χ0v) is 12.3. The van der Waals surface area contributed by atoms with Crippen molar-refractivity contribution in [1.29, 1.82) is 0 Å². The maximum Gasteiger partial charge on any atom is 0.404 e. The molecular weight excluding hydrogens is 252 g/mol. The number of carboxylic acid groups (broad SMARTS) is 1. The van der Waals surface area contributed by atoms with Gasteiger partial charge in [-0.3, -0.25) is 0 Å². The Kier molecular flexibility index (Phi) is 5.31. The minimum Gasteiger partial charge on any atom is -0.598 e. The Morgan fingerprint density at radius 3 is 2.56 bits per heavy atom. The molecule has 0 aromatic carbocycles. The van der Waals surface area contributed by atoms with Gasteiger partial charge in [0.1, 0.15) is 4.75 Å². The largest absolute Gasteiger partial charge is 0.598 e. The van der Waals surface area contributed by atoms with Crippen molar-refractivity contribution in [2.24, 2.45) is 5.92 Å². The van der Waals surface area contributed by atoms with Crippen LogP contribution in [0.2, 0.25) is 0 Å². The Morgan fingerprint density at radius 1 is 1.44 bits per heavy atom. The average Bonchev–Trinajstić information content (AvgIpc) is 2.63. The van der Waals surface area contributed by atoms with E-state index in [1.54, 1.807) is 0 Å². The first-order valence-corrected chi connectivity index (χ1v) is 7.52. The Morgan fingerprint density at radius 2 is 2.06 bits per heavy atom. The van der Waals surface area contributed by atoms with E-state index in [2.05, 4.69) is 10.0 Å². The number of amides is 1. The summed E-state index contributed by atoms with van der Waals surface area (Å²) in [5.41, 5.74) is 0. The SMILES string of the molecule is CC(N[S+]([O-])C(C)(C)C)[C@H]1CC[C@@H](NC(=O)O)C1. The van der Waals surface area contributed by atoms with E-state index in [9.17, 15) is 9.35 Å². The van der Waals surface area contributed by atoms with Gasteiger partial charge in [0.15, 0.2) is 0 Å². The first kappa shape index (κ1) is 15.6. The molecular formula is C12H24N2O3S. The second-order valence-corrected chi connectivity index (χ2v) is 8.01. The van der Waals surface area contributed by atoms with E-state index in [1.807, 2.05) is 27.7 Å². The normalized spacial score (nSPS) is 27.8. The summed E-state index contributed by atoms with van der Waals surface area (Å²) in [6.07, 6.45) is 1.70. The third kappa shape index (κ3) is 4.66. The van der Waals surface area contributed by atoms with Crippen molar-refractivity contribution in [2.75, 3.05) is 0 Å². The summed E-state index contributed by atoms with van der Waals surface area (Å²) in [6, 6.07) is 0.186. The fourth-order valence-electron chi connectivity index (χ4n) is 2.22. The molecule has 4 atom stereocenters. The smallest absolute Gasteiger partial charge is 0.404 e. The molecule has 1 saturated carbocycles. The highest BCUT2D eigenvalue weighted by Crippen LogP contribution is 2.29. The summed E-state index contributed by atoms with van der Waals surface area (Å²) in [7, 11) is 0. The summed E-state index contributed by atoms with van der Waals surface area (Å²) in [6.45, 7) is 7.84. The Bertz CT molecular complexity index is 294. The van der Waals surface area contributed by atoms with Crippen LogP contribution in [0.4, 0.5) is 4.79 Å². The highest BCUT2D eigenvalue weighted by molar-refractivity contribution is 7.90. The molecule has 0 aromatic rings. The standard InChI is InChI=1S/C12H24N2O3S/c1-8(14-18(17)12(2,3)4)9-5-6-10(7-9)13-11(15)16/h8-10,13-14H,5-7H2,1-4H3,(H,15,16)/t8?,9-,10+,18?/m0/s1. The molecule has 1 aliphatic carbocycles. The van der Waals surface area contributed by atoms with Crippen LogP contribution in [0.25, 0.3) is 0 Å². The van der Waals surface area contributed by atoms with E-state index in [4.69, 9.17) is 5.11 Å². The van der Waals surface area contributed by atoms with Gasteiger partial charge in [-0.15, -0.1) is 4.72 Å². The third-order valence-electron chi connectivity index (χ3n) is 3.36. The summed E-state index contributed by atoms with van der Waals surface area (Å²) in [4.78, 5) is 10.6. The van der Waals surface area contributed by atoms with Gasteiger partial charge in [0.05, 0.1) is 6.04 Å². The van der Waals surface area contributed by atoms with E-state index >= 15 is 0 Å². The molecule has 0 heterocycles. The molecule has 0 bridgehead atoms. The van der Waals surface area contributed by atoms with E-state index in [-0.39, 0.29) is 16.8 Å². The maximum absolute atomic E-state index is 12.0. The van der Waals surface area contributed by atoms with Crippen LogP contribution in [-0.4, -0.2) is 32.6 Å². The highest BCUT2D eigenvalue weighted by atomic mass is 32.2. The van der Waals surface area contributed by atoms with Crippen LogP contribution in [0, 0.1) is 5.92 Å². The van der Waals surface area contributed by atoms with Crippen molar-refractivity contribution < 1.29 is 14.5 Å². The zero-order chi connectivity index (χ0) is 13.9. The first-order valence-electron chi connectivity index (χ1n) is 6.37. The van der Waals surface area contributed by atoms with Crippen molar-refractivity contribution >= 4 is 17.5 Å². The van der Waals surface area contributed by atoms with Gasteiger partial charge in [-0.2, -0.15) is 0 Å². The lowest BCUT2D eigenvalue weighted by Crippen LogP contribution is -2.46. The van der Waals surface area contributed by atoms with Gasteiger partial charge in [-0.05, 0) is 52.9 Å². The van der Waals surface area contributed by atoms with Gasteiger partial charge in [-0.1, -0.05) is 0 Å². The second kappa shape index (κ2) is 6.12. The highest BCUT2D eigenvalue weighted by Gasteiger charge is 2.34.